The largest absolute Gasteiger partial charge is 0.0622 e. The van der Waals surface area contributed by atoms with Gasteiger partial charge in [0.1, 0.15) is 0 Å². The number of hydrogen-bond donors (Lipinski definition) is 0. The third-order valence-corrected chi connectivity index (χ3v) is 3.23. The van der Waals surface area contributed by atoms with Crippen LogP contribution in [0.4, 0.5) is 0 Å². The number of fused-ring (bicyclic) bond motifs is 1. The van der Waals surface area contributed by atoms with Crippen LogP contribution in [0.3, 0.4) is 0 Å². The third kappa shape index (κ3) is 1.38. The van der Waals surface area contributed by atoms with E-state index < -0.39 is 0 Å². The lowest BCUT2D eigenvalue weighted by Gasteiger charge is -2.06. The number of rotatable bonds is 1. The second-order valence-electron chi connectivity index (χ2n) is 4.36. The van der Waals surface area contributed by atoms with Crippen LogP contribution in [0.1, 0.15) is 23.6 Å². The molecular weight excluding hydrogens is 192 g/mol. The molecule has 2 aromatic carbocycles. The van der Waals surface area contributed by atoms with E-state index in [9.17, 15) is 0 Å². The van der Waals surface area contributed by atoms with Gasteiger partial charge in [0.25, 0.3) is 0 Å². The van der Waals surface area contributed by atoms with E-state index in [-0.39, 0.29) is 0 Å². The van der Waals surface area contributed by atoms with Crippen LogP contribution in [0.5, 0.6) is 0 Å². The Labute approximate surface area is 96.3 Å². The summed E-state index contributed by atoms with van der Waals surface area (Å²) in [6.07, 6.45) is 1.10. The maximum absolute atomic E-state index is 2.24. The molecule has 78 valence electrons. The number of benzene rings is 2. The molecule has 1 aliphatic carbocycles. The summed E-state index contributed by atoms with van der Waals surface area (Å²) in [6, 6.07) is 19.4. The van der Waals surface area contributed by atoms with Crippen molar-refractivity contribution < 1.29 is 0 Å². The van der Waals surface area contributed by atoms with Gasteiger partial charge in [-0.05, 0) is 35.6 Å². The summed E-state index contributed by atoms with van der Waals surface area (Å²) in [5, 5.41) is 0. The van der Waals surface area contributed by atoms with E-state index in [0.29, 0.717) is 0 Å². The smallest absolute Gasteiger partial charge is 0.00543 e. The molecule has 0 bridgehead atoms. The zero-order valence-corrected chi connectivity index (χ0v) is 9.40. The Morgan fingerprint density at radius 1 is 0.812 bits per heavy atom. The van der Waals surface area contributed by atoms with Gasteiger partial charge in [0.05, 0.1) is 0 Å². The van der Waals surface area contributed by atoms with Gasteiger partial charge in [-0.1, -0.05) is 60.2 Å². The highest BCUT2D eigenvalue weighted by atomic mass is 14.2. The highest BCUT2D eigenvalue weighted by molar-refractivity contribution is 5.86. The van der Waals surface area contributed by atoms with Crippen LogP contribution < -0.4 is 0 Å². The van der Waals surface area contributed by atoms with Gasteiger partial charge in [0.15, 0.2) is 0 Å². The molecule has 2 aromatic rings. The molecule has 0 radical (unpaired) electrons. The lowest BCUT2D eigenvalue weighted by Crippen LogP contribution is -1.86. The highest BCUT2D eigenvalue weighted by Crippen LogP contribution is 2.36. The lowest BCUT2D eigenvalue weighted by molar-refractivity contribution is 1.19. The van der Waals surface area contributed by atoms with E-state index in [1.807, 2.05) is 0 Å². The average Bonchev–Trinajstić information content (AvgIpc) is 2.66. The summed E-state index contributed by atoms with van der Waals surface area (Å²) in [6.45, 7) is 2.24. The Hall–Kier alpha value is -1.82. The quantitative estimate of drug-likeness (QED) is 0.660. The molecule has 0 saturated carbocycles. The zero-order chi connectivity index (χ0) is 11.0. The SMILES string of the molecule is CC1=C(c2ccccc2)c2ccccc2C1. The van der Waals surface area contributed by atoms with Crippen LogP contribution in [0.2, 0.25) is 0 Å². The maximum Gasteiger partial charge on any atom is -0.00543 e. The summed E-state index contributed by atoms with van der Waals surface area (Å²) in [5.74, 6) is 0. The molecule has 3 rings (SSSR count). The summed E-state index contributed by atoms with van der Waals surface area (Å²) < 4.78 is 0. The van der Waals surface area contributed by atoms with E-state index in [1.54, 1.807) is 0 Å². The molecule has 0 nitrogen and oxygen atoms in total. The number of allylic oxidation sites excluding steroid dienone is 1. The molecule has 0 fully saturated rings. The standard InChI is InChI=1S/C16H14/c1-12-11-14-9-5-6-10-15(14)16(12)13-7-3-2-4-8-13/h2-10H,11H2,1H3. The van der Waals surface area contributed by atoms with E-state index >= 15 is 0 Å². The topological polar surface area (TPSA) is 0 Å². The van der Waals surface area contributed by atoms with Crippen LogP contribution in [-0.2, 0) is 6.42 Å². The van der Waals surface area contributed by atoms with Gasteiger partial charge in [-0.15, -0.1) is 0 Å². The van der Waals surface area contributed by atoms with Crippen molar-refractivity contribution in [1.82, 2.24) is 0 Å². The first-order chi connectivity index (χ1) is 7.86. The lowest BCUT2D eigenvalue weighted by atomic mass is 9.98. The normalized spacial score (nSPS) is 14.1. The molecule has 0 aromatic heterocycles. The van der Waals surface area contributed by atoms with Gasteiger partial charge in [0.2, 0.25) is 0 Å². The minimum atomic E-state index is 1.10. The van der Waals surface area contributed by atoms with Crippen molar-refractivity contribution in [2.75, 3.05) is 0 Å². The molecular formula is C16H14. The van der Waals surface area contributed by atoms with Crippen LogP contribution in [0, 0.1) is 0 Å². The van der Waals surface area contributed by atoms with Crippen LogP contribution in [0.25, 0.3) is 5.57 Å². The molecule has 0 saturated heterocycles. The van der Waals surface area contributed by atoms with Gasteiger partial charge in [-0.2, -0.15) is 0 Å². The molecule has 16 heavy (non-hydrogen) atoms. The van der Waals surface area contributed by atoms with Crippen LogP contribution in [-0.4, -0.2) is 0 Å². The molecule has 0 spiro atoms. The van der Waals surface area contributed by atoms with E-state index in [1.165, 1.54) is 27.8 Å². The summed E-state index contributed by atoms with van der Waals surface area (Å²) in [7, 11) is 0. The molecule has 0 amide bonds. The van der Waals surface area contributed by atoms with Gasteiger partial charge < -0.3 is 0 Å². The highest BCUT2D eigenvalue weighted by Gasteiger charge is 2.18. The van der Waals surface area contributed by atoms with Crippen LogP contribution >= 0.6 is 0 Å². The predicted octanol–water partition coefficient (Wildman–Crippen LogP) is 4.06. The minimum absolute atomic E-state index is 1.10. The van der Waals surface area contributed by atoms with Crippen molar-refractivity contribution in [3.05, 3.63) is 76.9 Å². The average molecular weight is 206 g/mol. The Bertz CT molecular complexity index is 547. The minimum Gasteiger partial charge on any atom is -0.0622 e. The monoisotopic (exact) mass is 206 g/mol. The van der Waals surface area contributed by atoms with Crippen molar-refractivity contribution in [3.63, 3.8) is 0 Å². The molecule has 0 atom stereocenters. The summed E-state index contributed by atoms with van der Waals surface area (Å²) in [4.78, 5) is 0. The first-order valence-electron chi connectivity index (χ1n) is 5.70. The second kappa shape index (κ2) is 3.64. The third-order valence-electron chi connectivity index (χ3n) is 3.23. The van der Waals surface area contributed by atoms with Crippen LogP contribution in [0.15, 0.2) is 60.2 Å². The fraction of sp³-hybridized carbons (Fsp3) is 0.125. The Balaban J connectivity index is 2.19. The molecule has 0 unspecified atom stereocenters. The van der Waals surface area contributed by atoms with Gasteiger partial charge >= 0.3 is 0 Å². The molecule has 1 aliphatic rings. The molecule has 0 heterocycles. The fourth-order valence-electron chi connectivity index (χ4n) is 2.53. The Kier molecular flexibility index (Phi) is 2.14. The maximum atomic E-state index is 2.24. The predicted molar refractivity (Wildman–Crippen MR) is 68.3 cm³/mol. The molecule has 0 N–H and O–H groups in total. The fourth-order valence-corrected chi connectivity index (χ4v) is 2.53. The van der Waals surface area contributed by atoms with Crippen molar-refractivity contribution in [2.45, 2.75) is 13.3 Å². The molecule has 0 aliphatic heterocycles. The first-order valence-corrected chi connectivity index (χ1v) is 5.70. The molecule has 0 heteroatoms. The van der Waals surface area contributed by atoms with Gasteiger partial charge in [0, 0.05) is 0 Å². The van der Waals surface area contributed by atoms with Crippen molar-refractivity contribution in [1.29, 1.82) is 0 Å². The van der Waals surface area contributed by atoms with Gasteiger partial charge in [-0.3, -0.25) is 0 Å². The first kappa shape index (κ1) is 9.41. The van der Waals surface area contributed by atoms with E-state index in [0.717, 1.165) is 6.42 Å². The van der Waals surface area contributed by atoms with E-state index in [2.05, 4.69) is 61.5 Å². The van der Waals surface area contributed by atoms with Crippen molar-refractivity contribution in [3.8, 4) is 0 Å². The Morgan fingerprint density at radius 2 is 1.50 bits per heavy atom. The van der Waals surface area contributed by atoms with E-state index in [4.69, 9.17) is 0 Å². The Morgan fingerprint density at radius 3 is 2.31 bits per heavy atom. The zero-order valence-electron chi connectivity index (χ0n) is 9.40. The van der Waals surface area contributed by atoms with Crippen molar-refractivity contribution >= 4 is 5.57 Å². The summed E-state index contributed by atoms with van der Waals surface area (Å²) in [5.41, 5.74) is 7.11. The van der Waals surface area contributed by atoms with Crippen molar-refractivity contribution in [2.24, 2.45) is 0 Å². The van der Waals surface area contributed by atoms with Gasteiger partial charge in [-0.25, -0.2) is 0 Å². The number of hydrogen-bond acceptors (Lipinski definition) is 0. The summed E-state index contributed by atoms with van der Waals surface area (Å²) >= 11 is 0. The second-order valence-corrected chi connectivity index (χ2v) is 4.36.